The van der Waals surface area contributed by atoms with Crippen LogP contribution in [-0.4, -0.2) is 45.8 Å². The summed E-state index contributed by atoms with van der Waals surface area (Å²) in [5, 5.41) is 10.6. The first kappa shape index (κ1) is 21.5. The molecule has 0 aromatic heterocycles. The lowest BCUT2D eigenvalue weighted by atomic mass is 9.75. The number of carbonyl (C=O) groups is 3. The summed E-state index contributed by atoms with van der Waals surface area (Å²) < 4.78 is 11.4. The van der Waals surface area contributed by atoms with Crippen LogP contribution in [0.25, 0.3) is 0 Å². The third-order valence-corrected chi connectivity index (χ3v) is 5.62. The highest BCUT2D eigenvalue weighted by Crippen LogP contribution is 2.48. The minimum atomic E-state index is -0.999. The van der Waals surface area contributed by atoms with Crippen molar-refractivity contribution in [1.29, 1.82) is 0 Å². The second kappa shape index (κ2) is 7.57. The van der Waals surface area contributed by atoms with Crippen molar-refractivity contribution in [3.8, 4) is 0 Å². The molecular formula is C21H24BrNO6. The fraction of sp³-hybridized carbons (Fsp3) is 0.476. The molecule has 3 atom stereocenters. The first-order valence-electron chi connectivity index (χ1n) is 9.33. The van der Waals surface area contributed by atoms with E-state index in [-0.39, 0.29) is 12.8 Å². The van der Waals surface area contributed by atoms with Gasteiger partial charge in [0, 0.05) is 22.0 Å². The first-order valence-corrected chi connectivity index (χ1v) is 10.1. The maximum absolute atomic E-state index is 12.6. The number of esters is 1. The lowest BCUT2D eigenvalue weighted by Gasteiger charge is -2.37. The molecule has 0 unspecified atom stereocenters. The lowest BCUT2D eigenvalue weighted by Crippen LogP contribution is -2.43. The van der Waals surface area contributed by atoms with Crippen LogP contribution >= 0.6 is 15.9 Å². The van der Waals surface area contributed by atoms with E-state index in [1.807, 2.05) is 0 Å². The predicted octanol–water partition coefficient (Wildman–Crippen LogP) is 3.80. The van der Waals surface area contributed by atoms with Crippen LogP contribution in [0.3, 0.4) is 0 Å². The second-order valence-corrected chi connectivity index (χ2v) is 9.47. The highest BCUT2D eigenvalue weighted by molar-refractivity contribution is 9.10. The smallest absolute Gasteiger partial charge is 0.421 e. The average molecular weight is 466 g/mol. The Balaban J connectivity index is 1.89. The summed E-state index contributed by atoms with van der Waals surface area (Å²) in [6.07, 6.45) is -1.03. The van der Waals surface area contributed by atoms with E-state index < -0.39 is 41.2 Å². The molecule has 1 heterocycles. The van der Waals surface area contributed by atoms with Gasteiger partial charge in [-0.2, -0.15) is 0 Å². The van der Waals surface area contributed by atoms with E-state index in [4.69, 9.17) is 9.47 Å². The number of amides is 2. The fourth-order valence-corrected chi connectivity index (χ4v) is 4.09. The number of ether oxygens (including phenoxy) is 2. The van der Waals surface area contributed by atoms with E-state index >= 15 is 0 Å². The van der Waals surface area contributed by atoms with Crippen molar-refractivity contribution in [1.82, 2.24) is 4.90 Å². The van der Waals surface area contributed by atoms with Gasteiger partial charge >= 0.3 is 12.1 Å². The normalized spacial score (nSPS) is 26.6. The lowest BCUT2D eigenvalue weighted by molar-refractivity contribution is -0.126. The molecule has 1 N–H and O–H groups in total. The molecule has 1 aliphatic heterocycles. The third kappa shape index (κ3) is 4.38. The monoisotopic (exact) mass is 465 g/mol. The number of nitrogens with zero attached hydrogens (tertiary/aromatic N) is 1. The minimum absolute atomic E-state index is 0.0695. The number of allylic oxidation sites excluding steroid dienone is 1. The van der Waals surface area contributed by atoms with Gasteiger partial charge in [0.2, 0.25) is 5.91 Å². The Hall–Kier alpha value is -2.19. The van der Waals surface area contributed by atoms with E-state index in [1.165, 1.54) is 6.08 Å². The third-order valence-electron chi connectivity index (χ3n) is 4.92. The number of rotatable bonds is 2. The summed E-state index contributed by atoms with van der Waals surface area (Å²) in [7, 11) is 0. The summed E-state index contributed by atoms with van der Waals surface area (Å²) in [6, 6.07) is 6.79. The van der Waals surface area contributed by atoms with Crippen LogP contribution in [0, 0.1) is 5.41 Å². The van der Waals surface area contributed by atoms with Crippen molar-refractivity contribution in [2.24, 2.45) is 5.41 Å². The highest BCUT2D eigenvalue weighted by atomic mass is 79.9. The van der Waals surface area contributed by atoms with Crippen molar-refractivity contribution in [2.45, 2.75) is 58.3 Å². The zero-order valence-corrected chi connectivity index (χ0v) is 18.4. The number of carbonyl (C=O) groups excluding carboxylic acids is 3. The van der Waals surface area contributed by atoms with Crippen LogP contribution in [0.4, 0.5) is 4.79 Å². The van der Waals surface area contributed by atoms with Gasteiger partial charge in [0.05, 0.1) is 11.7 Å². The Morgan fingerprint density at radius 2 is 1.93 bits per heavy atom. The molecule has 8 heteroatoms. The summed E-state index contributed by atoms with van der Waals surface area (Å²) >= 11 is 3.30. The van der Waals surface area contributed by atoms with Crippen molar-refractivity contribution in [3.63, 3.8) is 0 Å². The minimum Gasteiger partial charge on any atom is -0.452 e. The van der Waals surface area contributed by atoms with Gasteiger partial charge < -0.3 is 14.6 Å². The van der Waals surface area contributed by atoms with E-state index in [1.54, 1.807) is 52.0 Å². The Kier molecular flexibility index (Phi) is 5.62. The number of imide groups is 1. The van der Waals surface area contributed by atoms with Crippen molar-refractivity contribution in [3.05, 3.63) is 46.1 Å². The Bertz CT molecular complexity index is 889. The molecule has 2 aliphatic rings. The molecule has 2 amide bonds. The number of aliphatic hydroxyl groups is 1. The van der Waals surface area contributed by atoms with Crippen molar-refractivity contribution in [2.75, 3.05) is 0 Å². The molecule has 3 rings (SSSR count). The SMILES string of the molecule is CC(C)(C)OC(=O)N1C(=O)C[C@]2(C)C[C@H](O)[C@H](OC(=O)c3ccccc3Br)C=C12. The molecule has 0 spiro atoms. The van der Waals surface area contributed by atoms with Gasteiger partial charge in [0.15, 0.2) is 0 Å². The summed E-state index contributed by atoms with van der Waals surface area (Å²) in [4.78, 5) is 38.7. The number of fused-ring (bicyclic) bond motifs is 1. The molecule has 0 saturated carbocycles. The van der Waals surface area contributed by atoms with E-state index in [0.29, 0.717) is 15.7 Å². The van der Waals surface area contributed by atoms with E-state index in [9.17, 15) is 19.5 Å². The number of benzene rings is 1. The quantitative estimate of drug-likeness (QED) is 0.667. The van der Waals surface area contributed by atoms with Crippen molar-refractivity contribution >= 4 is 33.9 Å². The predicted molar refractivity (Wildman–Crippen MR) is 108 cm³/mol. The highest BCUT2D eigenvalue weighted by Gasteiger charge is 2.53. The van der Waals surface area contributed by atoms with Crippen LogP contribution in [0.2, 0.25) is 0 Å². The van der Waals surface area contributed by atoms with Crippen LogP contribution < -0.4 is 0 Å². The van der Waals surface area contributed by atoms with Gasteiger partial charge in [0.1, 0.15) is 11.7 Å². The molecule has 1 aromatic rings. The molecule has 0 radical (unpaired) electrons. The number of hydrogen-bond donors (Lipinski definition) is 1. The van der Waals surface area contributed by atoms with E-state index in [2.05, 4.69) is 15.9 Å². The van der Waals surface area contributed by atoms with Crippen LogP contribution in [0.15, 0.2) is 40.5 Å². The van der Waals surface area contributed by atoms with Gasteiger partial charge in [-0.3, -0.25) is 4.79 Å². The number of aliphatic hydroxyl groups excluding tert-OH is 1. The van der Waals surface area contributed by atoms with Crippen molar-refractivity contribution < 1.29 is 29.0 Å². The van der Waals surface area contributed by atoms with Gasteiger partial charge in [-0.15, -0.1) is 0 Å². The molecule has 1 aliphatic carbocycles. The van der Waals surface area contributed by atoms with Gasteiger partial charge in [-0.25, -0.2) is 14.5 Å². The first-order chi connectivity index (χ1) is 13.4. The Morgan fingerprint density at radius 1 is 1.28 bits per heavy atom. The molecule has 1 fully saturated rings. The van der Waals surface area contributed by atoms with Gasteiger partial charge in [-0.1, -0.05) is 19.1 Å². The zero-order chi connectivity index (χ0) is 21.6. The maximum Gasteiger partial charge on any atom is 0.421 e. The maximum atomic E-state index is 12.6. The van der Waals surface area contributed by atoms with Crippen LogP contribution in [-0.2, 0) is 14.3 Å². The molecule has 1 aromatic carbocycles. The van der Waals surface area contributed by atoms with Gasteiger partial charge in [-0.05, 0) is 61.3 Å². The Labute approximate surface area is 177 Å². The largest absolute Gasteiger partial charge is 0.452 e. The standard InChI is InChI=1S/C21H24BrNO6/c1-20(2,3)29-19(27)23-16-9-15(14(24)10-21(16,4)11-17(23)25)28-18(26)12-7-5-6-8-13(12)22/h5-9,14-15,24H,10-11H2,1-4H3/t14-,15+,21-/m0/s1. The summed E-state index contributed by atoms with van der Waals surface area (Å²) in [6.45, 7) is 6.94. The van der Waals surface area contributed by atoms with Crippen LogP contribution in [0.5, 0.6) is 0 Å². The summed E-state index contributed by atoms with van der Waals surface area (Å²) in [5.74, 6) is -1.02. The number of hydrogen-bond acceptors (Lipinski definition) is 6. The van der Waals surface area contributed by atoms with Gasteiger partial charge in [0.25, 0.3) is 0 Å². The average Bonchev–Trinajstić information content (AvgIpc) is 2.83. The van der Waals surface area contributed by atoms with Crippen LogP contribution in [0.1, 0.15) is 50.9 Å². The molecular weight excluding hydrogens is 442 g/mol. The zero-order valence-electron chi connectivity index (χ0n) is 16.8. The molecule has 1 saturated heterocycles. The number of likely N-dealkylation sites (tertiary alicyclic amines) is 1. The molecule has 29 heavy (non-hydrogen) atoms. The molecule has 7 nitrogen and oxygen atoms in total. The van der Waals surface area contributed by atoms with E-state index in [0.717, 1.165) is 4.90 Å². The second-order valence-electron chi connectivity index (χ2n) is 8.62. The summed E-state index contributed by atoms with van der Waals surface area (Å²) in [5.41, 5.74) is -0.787. The number of halogens is 1. The molecule has 0 bridgehead atoms. The molecule has 156 valence electrons. The topological polar surface area (TPSA) is 93.1 Å². The fourth-order valence-electron chi connectivity index (χ4n) is 3.64. The Morgan fingerprint density at radius 3 is 2.55 bits per heavy atom.